The second kappa shape index (κ2) is 9.26. The number of anilines is 1. The van der Waals surface area contributed by atoms with Gasteiger partial charge in [0.2, 0.25) is 0 Å². The van der Waals surface area contributed by atoms with Gasteiger partial charge in [0.05, 0.1) is 16.7 Å². The van der Waals surface area contributed by atoms with Crippen LogP contribution in [0.4, 0.5) is 23.7 Å². The van der Waals surface area contributed by atoms with Crippen molar-refractivity contribution in [3.63, 3.8) is 0 Å². The summed E-state index contributed by atoms with van der Waals surface area (Å²) in [6.07, 6.45) is -4.50. The van der Waals surface area contributed by atoms with Crippen LogP contribution in [0.1, 0.15) is 63.3 Å². The fourth-order valence-electron chi connectivity index (χ4n) is 4.20. The number of nitrogens with zero attached hydrogens (tertiary/aromatic N) is 1. The van der Waals surface area contributed by atoms with E-state index in [1.54, 1.807) is 20.8 Å². The number of carbonyl (C=O) groups excluding carboxylic acids is 2. The number of nitrogens with one attached hydrogen (secondary N) is 1. The fraction of sp³-hybridized carbons (Fsp3) is 0.462. The van der Waals surface area contributed by atoms with Gasteiger partial charge in [-0.25, -0.2) is 13.2 Å². The lowest BCUT2D eigenvalue weighted by Crippen LogP contribution is -2.40. The molecule has 2 aliphatic rings. The van der Waals surface area contributed by atoms with Crippen LogP contribution in [0.25, 0.3) is 0 Å². The molecule has 0 radical (unpaired) electrons. The molecule has 2 aromatic carbocycles. The van der Waals surface area contributed by atoms with Gasteiger partial charge in [-0.15, -0.1) is 0 Å². The van der Waals surface area contributed by atoms with Gasteiger partial charge in [0, 0.05) is 5.69 Å². The number of halogens is 3. The molecule has 2 N–H and O–H groups in total. The van der Waals surface area contributed by atoms with Crippen LogP contribution in [-0.2, 0) is 31.5 Å². The lowest BCUT2D eigenvalue weighted by Gasteiger charge is -2.28. The molecule has 2 atom stereocenters. The van der Waals surface area contributed by atoms with Crippen LogP contribution in [0.2, 0.25) is 0 Å². The molecule has 1 aliphatic carbocycles. The molecule has 2 aromatic rings. The van der Waals surface area contributed by atoms with Crippen molar-refractivity contribution < 1.29 is 41.0 Å². The van der Waals surface area contributed by atoms with E-state index in [-0.39, 0.29) is 17.1 Å². The minimum absolute atomic E-state index is 0.0657. The van der Waals surface area contributed by atoms with E-state index in [0.29, 0.717) is 30.9 Å². The van der Waals surface area contributed by atoms with Crippen molar-refractivity contribution >= 4 is 27.5 Å². The molecule has 0 aromatic heterocycles. The Hall–Kier alpha value is -3.12. The van der Waals surface area contributed by atoms with Gasteiger partial charge >= 0.3 is 12.3 Å². The molecule has 1 aliphatic heterocycles. The molecule has 1 heterocycles. The van der Waals surface area contributed by atoms with Crippen molar-refractivity contribution in [1.82, 2.24) is 4.90 Å². The number of aliphatic hydroxyl groups is 1. The largest absolute Gasteiger partial charge is 0.444 e. The van der Waals surface area contributed by atoms with E-state index < -0.39 is 56.1 Å². The number of alkyl halides is 3. The Bertz CT molecular complexity index is 1360. The third-order valence-corrected chi connectivity index (χ3v) is 8.76. The normalized spacial score (nSPS) is 19.5. The molecule has 0 saturated heterocycles. The summed E-state index contributed by atoms with van der Waals surface area (Å²) in [5.41, 5.74) is -3.31. The zero-order valence-electron chi connectivity index (χ0n) is 21.3. The van der Waals surface area contributed by atoms with Gasteiger partial charge in [-0.1, -0.05) is 18.2 Å². The Morgan fingerprint density at radius 1 is 1.03 bits per heavy atom. The van der Waals surface area contributed by atoms with E-state index in [1.165, 1.54) is 35.2 Å². The van der Waals surface area contributed by atoms with Gasteiger partial charge in [0.1, 0.15) is 11.6 Å². The smallest absolute Gasteiger partial charge is 0.421 e. The van der Waals surface area contributed by atoms with Crippen LogP contribution in [0.3, 0.4) is 0 Å². The zero-order chi connectivity index (χ0) is 28.3. The van der Waals surface area contributed by atoms with Gasteiger partial charge in [-0.2, -0.15) is 13.2 Å². The van der Waals surface area contributed by atoms with Gasteiger partial charge in [-0.05, 0) is 81.5 Å². The highest BCUT2D eigenvalue weighted by Crippen LogP contribution is 2.41. The molecule has 38 heavy (non-hydrogen) atoms. The summed E-state index contributed by atoms with van der Waals surface area (Å²) < 4.78 is 70.4. The molecule has 0 bridgehead atoms. The first-order valence-corrected chi connectivity index (χ1v) is 13.5. The van der Waals surface area contributed by atoms with Gasteiger partial charge in [0.25, 0.3) is 5.91 Å². The fourth-order valence-corrected chi connectivity index (χ4v) is 5.91. The summed E-state index contributed by atoms with van der Waals surface area (Å²) in [6, 6.07) is 7.75. The number of sulfone groups is 1. The van der Waals surface area contributed by atoms with Crippen molar-refractivity contribution in [3.05, 3.63) is 59.2 Å². The van der Waals surface area contributed by atoms with Crippen LogP contribution < -0.4 is 5.32 Å². The summed E-state index contributed by atoms with van der Waals surface area (Å²) in [5, 5.41) is 12.0. The number of benzene rings is 2. The van der Waals surface area contributed by atoms with Crippen molar-refractivity contribution in [2.24, 2.45) is 0 Å². The summed E-state index contributed by atoms with van der Waals surface area (Å²) in [6.45, 7) is 5.57. The molecule has 0 spiro atoms. The van der Waals surface area contributed by atoms with Crippen LogP contribution in [-0.4, -0.2) is 47.5 Å². The molecular formula is C26H29F3N2O6S. The number of hydrogen-bond acceptors (Lipinski definition) is 6. The Morgan fingerprint density at radius 3 is 2.16 bits per heavy atom. The van der Waals surface area contributed by atoms with Crippen molar-refractivity contribution in [2.45, 2.75) is 80.6 Å². The van der Waals surface area contributed by atoms with Gasteiger partial charge < -0.3 is 15.2 Å². The standard InChI is InChI=1S/C26H29F3N2O6S/c1-24(2,3)37-23(33)31-14-15-13-19(38(35,36)18-9-10-18)11-12-20(15)21(31)22(32)30-17-7-5-16(6-8-17)25(4,34)26(27,28)29/h5-8,11-13,18,21,34H,9-10,14H2,1-4H3,(H,30,32). The van der Waals surface area contributed by atoms with E-state index in [0.717, 1.165) is 12.1 Å². The third kappa shape index (κ3) is 5.37. The minimum atomic E-state index is -4.90. The second-order valence-electron chi connectivity index (χ2n) is 10.8. The minimum Gasteiger partial charge on any atom is -0.444 e. The van der Waals surface area contributed by atoms with E-state index in [1.807, 2.05) is 0 Å². The highest BCUT2D eigenvalue weighted by atomic mass is 32.2. The van der Waals surface area contributed by atoms with Crippen LogP contribution in [0.5, 0.6) is 0 Å². The number of carbonyl (C=O) groups is 2. The number of hydrogen-bond donors (Lipinski definition) is 2. The summed E-state index contributed by atoms with van der Waals surface area (Å²) >= 11 is 0. The quantitative estimate of drug-likeness (QED) is 0.548. The average Bonchev–Trinajstić information content (AvgIpc) is 3.58. The number of rotatable bonds is 5. The van der Waals surface area contributed by atoms with Gasteiger partial charge in [-0.3, -0.25) is 9.69 Å². The maximum absolute atomic E-state index is 13.4. The maximum Gasteiger partial charge on any atom is 0.421 e. The molecule has 12 heteroatoms. The highest BCUT2D eigenvalue weighted by Gasteiger charge is 2.51. The SMILES string of the molecule is CC(C)(C)OC(=O)N1Cc2cc(S(=O)(=O)C3CC3)ccc2C1C(=O)Nc1ccc(C(C)(O)C(F)(F)F)cc1. The van der Waals surface area contributed by atoms with Crippen LogP contribution >= 0.6 is 0 Å². The predicted octanol–water partition coefficient (Wildman–Crippen LogP) is 4.82. The molecule has 4 rings (SSSR count). The lowest BCUT2D eigenvalue weighted by atomic mass is 9.95. The summed E-state index contributed by atoms with van der Waals surface area (Å²) in [5.74, 6) is -0.664. The molecular weight excluding hydrogens is 525 g/mol. The topological polar surface area (TPSA) is 113 Å². The monoisotopic (exact) mass is 554 g/mol. The van der Waals surface area contributed by atoms with E-state index >= 15 is 0 Å². The number of amides is 2. The molecule has 8 nitrogen and oxygen atoms in total. The molecule has 206 valence electrons. The summed E-state index contributed by atoms with van der Waals surface area (Å²) in [7, 11) is -3.50. The predicted molar refractivity (Wildman–Crippen MR) is 132 cm³/mol. The zero-order valence-corrected chi connectivity index (χ0v) is 22.1. The lowest BCUT2D eigenvalue weighted by molar-refractivity contribution is -0.258. The first kappa shape index (κ1) is 27.9. The maximum atomic E-state index is 13.4. The van der Waals surface area contributed by atoms with E-state index in [4.69, 9.17) is 4.74 Å². The second-order valence-corrected chi connectivity index (χ2v) is 13.0. The Morgan fingerprint density at radius 2 is 1.63 bits per heavy atom. The van der Waals surface area contributed by atoms with Crippen LogP contribution in [0.15, 0.2) is 47.4 Å². The van der Waals surface area contributed by atoms with Crippen molar-refractivity contribution in [1.29, 1.82) is 0 Å². The Balaban J connectivity index is 1.63. The first-order valence-electron chi connectivity index (χ1n) is 12.0. The molecule has 1 saturated carbocycles. The third-order valence-electron chi connectivity index (χ3n) is 6.50. The molecule has 2 amide bonds. The van der Waals surface area contributed by atoms with Gasteiger partial charge in [0.15, 0.2) is 15.4 Å². The number of ether oxygens (including phenoxy) is 1. The summed E-state index contributed by atoms with van der Waals surface area (Å²) in [4.78, 5) is 27.7. The molecule has 2 unspecified atom stereocenters. The Kier molecular flexibility index (Phi) is 6.80. The van der Waals surface area contributed by atoms with Crippen LogP contribution in [0, 0.1) is 0 Å². The van der Waals surface area contributed by atoms with E-state index in [9.17, 15) is 36.3 Å². The first-order chi connectivity index (χ1) is 17.4. The van der Waals surface area contributed by atoms with Crippen molar-refractivity contribution in [2.75, 3.05) is 5.32 Å². The average molecular weight is 555 g/mol. The van der Waals surface area contributed by atoms with Crippen molar-refractivity contribution in [3.8, 4) is 0 Å². The highest BCUT2D eigenvalue weighted by molar-refractivity contribution is 7.92. The number of fused-ring (bicyclic) bond motifs is 1. The van der Waals surface area contributed by atoms with E-state index in [2.05, 4.69) is 5.32 Å². The Labute approximate surface area is 218 Å². The molecule has 1 fully saturated rings.